The lowest BCUT2D eigenvalue weighted by molar-refractivity contribution is 0.102. The van der Waals surface area contributed by atoms with Gasteiger partial charge < -0.3 is 10.1 Å². The van der Waals surface area contributed by atoms with Crippen LogP contribution >= 0.6 is 15.9 Å². The monoisotopic (exact) mass is 439 g/mol. The number of amides is 1. The minimum Gasteiger partial charge on any atom is -0.495 e. The van der Waals surface area contributed by atoms with Gasteiger partial charge in [0.1, 0.15) is 5.75 Å². The number of sulfone groups is 1. The van der Waals surface area contributed by atoms with Crippen molar-refractivity contribution in [2.75, 3.05) is 12.4 Å². The molecule has 7 heteroatoms. The highest BCUT2D eigenvalue weighted by Crippen LogP contribution is 2.31. The van der Waals surface area contributed by atoms with Crippen molar-refractivity contribution in [3.8, 4) is 5.75 Å². The van der Waals surface area contributed by atoms with Crippen LogP contribution in [-0.4, -0.2) is 26.7 Å². The molecule has 0 saturated carbocycles. The number of hydrogen-bond donors (Lipinski definition) is 1. The number of methoxy groups -OCH3 is 1. The van der Waals surface area contributed by atoms with Crippen molar-refractivity contribution >= 4 is 37.4 Å². The molecule has 0 saturated heterocycles. The molecule has 0 bridgehead atoms. The number of carbonyl (C=O) groups is 1. The van der Waals surface area contributed by atoms with Crippen molar-refractivity contribution in [2.24, 2.45) is 0 Å². The van der Waals surface area contributed by atoms with Crippen molar-refractivity contribution in [1.82, 2.24) is 0 Å². The van der Waals surface area contributed by atoms with Gasteiger partial charge in [-0.1, -0.05) is 26.0 Å². The van der Waals surface area contributed by atoms with Crippen molar-refractivity contribution < 1.29 is 17.9 Å². The van der Waals surface area contributed by atoms with Crippen LogP contribution < -0.4 is 10.1 Å². The Bertz CT molecular complexity index is 892. The molecule has 0 aliphatic heterocycles. The summed E-state index contributed by atoms with van der Waals surface area (Å²) in [5.41, 5.74) is 0.767. The zero-order valence-electron chi connectivity index (χ0n) is 15.0. The first-order valence-corrected chi connectivity index (χ1v) is 10.7. The molecule has 0 aliphatic carbocycles. The summed E-state index contributed by atoms with van der Waals surface area (Å²) in [7, 11) is -2.00. The van der Waals surface area contributed by atoms with Crippen LogP contribution in [0.4, 0.5) is 5.69 Å². The Morgan fingerprint density at radius 2 is 1.81 bits per heavy atom. The van der Waals surface area contributed by atoms with E-state index in [0.717, 1.165) is 0 Å². The molecule has 0 aromatic heterocycles. The number of nitrogens with one attached hydrogen (secondary N) is 1. The Morgan fingerprint density at radius 3 is 2.38 bits per heavy atom. The molecular formula is C19H22BrNO4S. The lowest BCUT2D eigenvalue weighted by Crippen LogP contribution is -2.20. The highest BCUT2D eigenvalue weighted by Gasteiger charge is 2.25. The van der Waals surface area contributed by atoms with E-state index in [1.807, 2.05) is 19.9 Å². The average Bonchev–Trinajstić information content (AvgIpc) is 2.62. The topological polar surface area (TPSA) is 72.5 Å². The van der Waals surface area contributed by atoms with Gasteiger partial charge in [0.15, 0.2) is 9.84 Å². The predicted octanol–water partition coefficient (Wildman–Crippen LogP) is 4.67. The largest absolute Gasteiger partial charge is 0.495 e. The first-order valence-electron chi connectivity index (χ1n) is 8.32. The van der Waals surface area contributed by atoms with Gasteiger partial charge in [-0.2, -0.15) is 0 Å². The normalized spacial score (nSPS) is 11.4. The van der Waals surface area contributed by atoms with Gasteiger partial charge in [0, 0.05) is 4.47 Å². The molecule has 0 unspecified atom stereocenters. The van der Waals surface area contributed by atoms with E-state index >= 15 is 0 Å². The highest BCUT2D eigenvalue weighted by atomic mass is 79.9. The van der Waals surface area contributed by atoms with E-state index < -0.39 is 15.1 Å². The Labute approximate surface area is 162 Å². The van der Waals surface area contributed by atoms with E-state index in [9.17, 15) is 13.2 Å². The van der Waals surface area contributed by atoms with Gasteiger partial charge in [0.05, 0.1) is 28.5 Å². The van der Waals surface area contributed by atoms with E-state index in [1.165, 1.54) is 19.2 Å². The van der Waals surface area contributed by atoms with Crippen LogP contribution in [0.2, 0.25) is 0 Å². The lowest BCUT2D eigenvalue weighted by Gasteiger charge is -2.16. The van der Waals surface area contributed by atoms with Gasteiger partial charge in [0.2, 0.25) is 0 Å². The maximum atomic E-state index is 12.8. The van der Waals surface area contributed by atoms with Gasteiger partial charge >= 0.3 is 0 Å². The molecule has 5 nitrogen and oxygen atoms in total. The third kappa shape index (κ3) is 4.27. The van der Waals surface area contributed by atoms with Crippen LogP contribution in [0.3, 0.4) is 0 Å². The smallest absolute Gasteiger partial charge is 0.256 e. The summed E-state index contributed by atoms with van der Waals surface area (Å²) < 4.78 is 31.5. The third-order valence-electron chi connectivity index (χ3n) is 4.22. The van der Waals surface area contributed by atoms with Crippen molar-refractivity contribution in [3.63, 3.8) is 0 Å². The molecule has 0 aliphatic rings. The van der Waals surface area contributed by atoms with Crippen LogP contribution in [-0.2, 0) is 9.84 Å². The fourth-order valence-electron chi connectivity index (χ4n) is 2.72. The molecule has 0 atom stereocenters. The van der Waals surface area contributed by atoms with Crippen molar-refractivity contribution in [3.05, 3.63) is 52.5 Å². The van der Waals surface area contributed by atoms with Crippen LogP contribution in [0.25, 0.3) is 0 Å². The maximum absolute atomic E-state index is 12.8. The number of hydrogen-bond acceptors (Lipinski definition) is 4. The van der Waals surface area contributed by atoms with Crippen LogP contribution in [0.5, 0.6) is 5.75 Å². The van der Waals surface area contributed by atoms with Gasteiger partial charge in [0.25, 0.3) is 5.91 Å². The molecule has 0 spiro atoms. The molecule has 140 valence electrons. The lowest BCUT2D eigenvalue weighted by atomic mass is 10.2. The van der Waals surface area contributed by atoms with Crippen molar-refractivity contribution in [1.29, 1.82) is 0 Å². The number of rotatable bonds is 7. The molecular weight excluding hydrogens is 418 g/mol. The van der Waals surface area contributed by atoms with E-state index in [2.05, 4.69) is 21.2 Å². The second-order valence-corrected chi connectivity index (χ2v) is 8.86. The van der Waals surface area contributed by atoms with Crippen LogP contribution in [0, 0.1) is 0 Å². The molecule has 0 heterocycles. The Morgan fingerprint density at radius 1 is 1.15 bits per heavy atom. The summed E-state index contributed by atoms with van der Waals surface area (Å²) in [6.45, 7) is 3.70. The van der Waals surface area contributed by atoms with Crippen LogP contribution in [0.1, 0.15) is 37.0 Å². The predicted molar refractivity (Wildman–Crippen MR) is 107 cm³/mol. The minimum absolute atomic E-state index is 0.175. The first kappa shape index (κ1) is 20.5. The zero-order chi connectivity index (χ0) is 19.3. The Hall–Kier alpha value is -1.86. The number of benzene rings is 2. The number of carbonyl (C=O) groups excluding carboxylic acids is 1. The second-order valence-electron chi connectivity index (χ2n) is 5.78. The zero-order valence-corrected chi connectivity index (χ0v) is 17.4. The molecule has 2 rings (SSSR count). The molecule has 1 amide bonds. The summed E-state index contributed by atoms with van der Waals surface area (Å²) in [5.74, 6) is 0.0433. The van der Waals surface area contributed by atoms with Gasteiger partial charge in [-0.25, -0.2) is 8.42 Å². The fourth-order valence-corrected chi connectivity index (χ4v) is 4.98. The molecule has 2 aromatic rings. The second kappa shape index (κ2) is 8.68. The molecule has 26 heavy (non-hydrogen) atoms. The Balaban J connectivity index is 2.42. The summed E-state index contributed by atoms with van der Waals surface area (Å²) >= 11 is 3.34. The first-order chi connectivity index (χ1) is 12.3. The van der Waals surface area contributed by atoms with Gasteiger partial charge in [-0.15, -0.1) is 0 Å². The maximum Gasteiger partial charge on any atom is 0.256 e. The standard InChI is InChI=1S/C19H22BrNO4S/c1-4-13(5-2)26(23,24)14-10-11-18(25-3)17(12-14)21-19(22)15-8-6-7-9-16(15)20/h6-13H,4-5H2,1-3H3,(H,21,22). The van der Waals surface area contributed by atoms with E-state index in [1.54, 1.807) is 24.3 Å². The number of anilines is 1. The van der Waals surface area contributed by atoms with Crippen LogP contribution in [0.15, 0.2) is 51.8 Å². The third-order valence-corrected chi connectivity index (χ3v) is 7.36. The molecule has 0 fully saturated rings. The van der Waals surface area contributed by atoms with E-state index in [0.29, 0.717) is 34.3 Å². The minimum atomic E-state index is -3.47. The van der Waals surface area contributed by atoms with E-state index in [-0.39, 0.29) is 10.8 Å². The molecule has 1 N–H and O–H groups in total. The number of ether oxygens (including phenoxy) is 1. The van der Waals surface area contributed by atoms with Gasteiger partial charge in [-0.3, -0.25) is 4.79 Å². The molecule has 0 radical (unpaired) electrons. The number of halogens is 1. The fraction of sp³-hybridized carbons (Fsp3) is 0.316. The van der Waals surface area contributed by atoms with E-state index in [4.69, 9.17) is 4.74 Å². The summed E-state index contributed by atoms with van der Waals surface area (Å²) in [5, 5.41) is 2.29. The SMILES string of the molecule is CCC(CC)S(=O)(=O)c1ccc(OC)c(NC(=O)c2ccccc2Br)c1. The highest BCUT2D eigenvalue weighted by molar-refractivity contribution is 9.10. The summed E-state index contributed by atoms with van der Waals surface area (Å²) in [6.07, 6.45) is 1.06. The summed E-state index contributed by atoms with van der Waals surface area (Å²) in [4.78, 5) is 12.7. The summed E-state index contributed by atoms with van der Waals surface area (Å²) in [6, 6.07) is 11.5. The van der Waals surface area contributed by atoms with Crippen molar-refractivity contribution in [2.45, 2.75) is 36.8 Å². The van der Waals surface area contributed by atoms with Gasteiger partial charge in [-0.05, 0) is 59.1 Å². The average molecular weight is 440 g/mol. The Kier molecular flexibility index (Phi) is 6.83. The quantitative estimate of drug-likeness (QED) is 0.679. The molecule has 2 aromatic carbocycles.